The maximum absolute atomic E-state index is 10.8. The normalized spacial score (nSPS) is 11.6. The smallest absolute Gasteiger partial charge is 0.223 e. The van der Waals surface area contributed by atoms with Gasteiger partial charge in [0.05, 0.1) is 0 Å². The lowest BCUT2D eigenvalue weighted by molar-refractivity contribution is -0.128. The summed E-state index contributed by atoms with van der Waals surface area (Å²) >= 11 is 0. The van der Waals surface area contributed by atoms with Crippen LogP contribution >= 0.6 is 12.4 Å². The topological polar surface area (TPSA) is 46.3 Å². The summed E-state index contributed by atoms with van der Waals surface area (Å²) in [5.74, 6) is 0.0880. The van der Waals surface area contributed by atoms with Crippen LogP contribution in [-0.2, 0) is 4.79 Å². The number of halogens is 1. The molecule has 0 aliphatic heterocycles. The third-order valence-corrected chi connectivity index (χ3v) is 0.995. The summed E-state index contributed by atoms with van der Waals surface area (Å²) in [5, 5.41) is 0. The Bertz CT molecular complexity index is 104. The predicted octanol–water partition coefficient (Wildman–Crippen LogP) is 0.234. The maximum atomic E-state index is 10.8. The molecule has 0 saturated heterocycles. The third-order valence-electron chi connectivity index (χ3n) is 0.995. The van der Waals surface area contributed by atoms with Gasteiger partial charge >= 0.3 is 0 Å². The molecule has 4 heteroatoms. The second-order valence-electron chi connectivity index (χ2n) is 2.47. The highest BCUT2D eigenvalue weighted by atomic mass is 35.5. The monoisotopic (exact) mass is 166 g/mol. The van der Waals surface area contributed by atoms with Gasteiger partial charge in [0.1, 0.15) is 0 Å². The van der Waals surface area contributed by atoms with Crippen LogP contribution in [0.25, 0.3) is 0 Å². The Kier molecular flexibility index (Phi) is 6.82. The van der Waals surface area contributed by atoms with Crippen molar-refractivity contribution in [2.24, 2.45) is 5.73 Å². The van der Waals surface area contributed by atoms with Crippen molar-refractivity contribution < 1.29 is 4.79 Å². The van der Waals surface area contributed by atoms with Crippen molar-refractivity contribution in [1.29, 1.82) is 0 Å². The summed E-state index contributed by atoms with van der Waals surface area (Å²) in [4.78, 5) is 12.3. The Labute approximate surface area is 68.0 Å². The zero-order valence-corrected chi connectivity index (χ0v) is 7.44. The molecule has 0 spiro atoms. The highest BCUT2D eigenvalue weighted by molar-refractivity contribution is 5.85. The maximum Gasteiger partial charge on any atom is 0.223 e. The van der Waals surface area contributed by atoms with E-state index in [4.69, 9.17) is 5.73 Å². The number of carbonyl (C=O) groups excluding carboxylic acids is 1. The van der Waals surface area contributed by atoms with Crippen molar-refractivity contribution >= 4 is 18.3 Å². The molecule has 0 saturated carbocycles. The lowest BCUT2D eigenvalue weighted by Gasteiger charge is -2.11. The predicted molar refractivity (Wildman–Crippen MR) is 44.2 cm³/mol. The first-order valence-corrected chi connectivity index (χ1v) is 2.99. The molecule has 62 valence electrons. The Morgan fingerprint density at radius 3 is 2.10 bits per heavy atom. The lowest BCUT2D eigenvalue weighted by Crippen LogP contribution is -2.28. The standard InChI is InChI=1S/C6H14N2O.ClH/c1-5(7)4-6(9)8(2)3;/h5H,4,7H2,1-3H3;1H/t5-;/m0./s1. The molecular weight excluding hydrogens is 152 g/mol. The Balaban J connectivity index is 0. The lowest BCUT2D eigenvalue weighted by atomic mass is 10.2. The molecule has 0 aromatic heterocycles. The van der Waals surface area contributed by atoms with Crippen molar-refractivity contribution in [3.8, 4) is 0 Å². The number of nitrogens with two attached hydrogens (primary N) is 1. The number of amides is 1. The van der Waals surface area contributed by atoms with Crippen LogP contribution in [0, 0.1) is 0 Å². The number of rotatable bonds is 2. The molecule has 0 rings (SSSR count). The van der Waals surface area contributed by atoms with E-state index in [1.54, 1.807) is 19.0 Å². The highest BCUT2D eigenvalue weighted by Gasteiger charge is 2.05. The molecule has 10 heavy (non-hydrogen) atoms. The van der Waals surface area contributed by atoms with E-state index in [0.717, 1.165) is 0 Å². The van der Waals surface area contributed by atoms with Gasteiger partial charge in [-0.1, -0.05) is 0 Å². The molecule has 0 aromatic carbocycles. The molecule has 0 aliphatic rings. The van der Waals surface area contributed by atoms with Crippen molar-refractivity contribution in [3.05, 3.63) is 0 Å². The van der Waals surface area contributed by atoms with Crippen LogP contribution in [0.1, 0.15) is 13.3 Å². The van der Waals surface area contributed by atoms with E-state index in [1.165, 1.54) is 0 Å². The zero-order valence-electron chi connectivity index (χ0n) is 6.63. The third kappa shape index (κ3) is 5.85. The van der Waals surface area contributed by atoms with Crippen molar-refractivity contribution in [3.63, 3.8) is 0 Å². The summed E-state index contributed by atoms with van der Waals surface area (Å²) in [6, 6.07) is -0.0279. The molecule has 0 unspecified atom stereocenters. The van der Waals surface area contributed by atoms with Crippen LogP contribution in [0.5, 0.6) is 0 Å². The van der Waals surface area contributed by atoms with E-state index in [0.29, 0.717) is 6.42 Å². The van der Waals surface area contributed by atoms with Gasteiger partial charge in [-0.15, -0.1) is 12.4 Å². The SMILES string of the molecule is C[C@H](N)CC(=O)N(C)C.Cl. The summed E-state index contributed by atoms with van der Waals surface area (Å²) in [5.41, 5.74) is 5.38. The Hall–Kier alpha value is -0.280. The molecule has 1 atom stereocenters. The number of hydrogen-bond donors (Lipinski definition) is 1. The summed E-state index contributed by atoms with van der Waals surface area (Å²) < 4.78 is 0. The fourth-order valence-electron chi connectivity index (χ4n) is 0.458. The minimum atomic E-state index is -0.0279. The average Bonchev–Trinajstić information content (AvgIpc) is 1.63. The first-order valence-electron chi connectivity index (χ1n) is 2.99. The van der Waals surface area contributed by atoms with Gasteiger partial charge in [0.25, 0.3) is 0 Å². The number of hydrogen-bond acceptors (Lipinski definition) is 2. The molecule has 3 nitrogen and oxygen atoms in total. The number of nitrogens with zero attached hydrogens (tertiary/aromatic N) is 1. The first kappa shape index (κ1) is 12.4. The molecule has 0 aromatic rings. The van der Waals surface area contributed by atoms with Gasteiger partial charge in [-0.05, 0) is 6.92 Å². The largest absolute Gasteiger partial charge is 0.349 e. The molecular formula is C6H15ClN2O. The van der Waals surface area contributed by atoms with Gasteiger partial charge in [0.15, 0.2) is 0 Å². The minimum absolute atomic E-state index is 0. The second-order valence-corrected chi connectivity index (χ2v) is 2.47. The van der Waals surface area contributed by atoms with Gasteiger partial charge in [0, 0.05) is 26.6 Å². The van der Waals surface area contributed by atoms with Gasteiger partial charge in [-0.3, -0.25) is 4.79 Å². The van der Waals surface area contributed by atoms with Crippen LogP contribution in [0.15, 0.2) is 0 Å². The minimum Gasteiger partial charge on any atom is -0.349 e. The van der Waals surface area contributed by atoms with Gasteiger partial charge < -0.3 is 10.6 Å². The fourth-order valence-corrected chi connectivity index (χ4v) is 0.458. The Morgan fingerprint density at radius 1 is 1.60 bits per heavy atom. The van der Waals surface area contributed by atoms with Crippen molar-refractivity contribution in [2.75, 3.05) is 14.1 Å². The second kappa shape index (κ2) is 5.50. The van der Waals surface area contributed by atoms with E-state index in [1.807, 2.05) is 6.92 Å². The average molecular weight is 167 g/mol. The van der Waals surface area contributed by atoms with Crippen LogP contribution < -0.4 is 5.73 Å². The Morgan fingerprint density at radius 2 is 2.00 bits per heavy atom. The van der Waals surface area contributed by atoms with Gasteiger partial charge in [-0.25, -0.2) is 0 Å². The van der Waals surface area contributed by atoms with E-state index < -0.39 is 0 Å². The number of carbonyl (C=O) groups is 1. The summed E-state index contributed by atoms with van der Waals surface area (Å²) in [7, 11) is 3.45. The molecule has 0 heterocycles. The van der Waals surface area contributed by atoms with Crippen LogP contribution in [-0.4, -0.2) is 30.9 Å². The van der Waals surface area contributed by atoms with E-state index >= 15 is 0 Å². The molecule has 1 amide bonds. The van der Waals surface area contributed by atoms with E-state index in [-0.39, 0.29) is 24.4 Å². The fraction of sp³-hybridized carbons (Fsp3) is 0.833. The highest BCUT2D eigenvalue weighted by Crippen LogP contribution is 1.89. The summed E-state index contributed by atoms with van der Waals surface area (Å²) in [6.07, 6.45) is 0.438. The van der Waals surface area contributed by atoms with Crippen LogP contribution in [0.4, 0.5) is 0 Å². The van der Waals surface area contributed by atoms with E-state index in [2.05, 4.69) is 0 Å². The van der Waals surface area contributed by atoms with Crippen molar-refractivity contribution in [1.82, 2.24) is 4.90 Å². The van der Waals surface area contributed by atoms with Crippen molar-refractivity contribution in [2.45, 2.75) is 19.4 Å². The molecule has 0 fully saturated rings. The van der Waals surface area contributed by atoms with E-state index in [9.17, 15) is 4.79 Å². The molecule has 0 radical (unpaired) electrons. The summed E-state index contributed by atoms with van der Waals surface area (Å²) in [6.45, 7) is 1.82. The van der Waals surface area contributed by atoms with Crippen LogP contribution in [0.3, 0.4) is 0 Å². The molecule has 0 bridgehead atoms. The molecule has 2 N–H and O–H groups in total. The van der Waals surface area contributed by atoms with Gasteiger partial charge in [0.2, 0.25) is 5.91 Å². The van der Waals surface area contributed by atoms with Gasteiger partial charge in [-0.2, -0.15) is 0 Å². The molecule has 0 aliphatic carbocycles. The first-order chi connectivity index (χ1) is 4.04. The van der Waals surface area contributed by atoms with Crippen LogP contribution in [0.2, 0.25) is 0 Å². The zero-order chi connectivity index (χ0) is 7.44. The quantitative estimate of drug-likeness (QED) is 0.639.